The number of hydrogen-bond acceptors (Lipinski definition) is 6. The Kier molecular flexibility index (Phi) is 7.34. The lowest BCUT2D eigenvalue weighted by atomic mass is 9.71. The molecule has 2 N–H and O–H groups in total. The van der Waals surface area contributed by atoms with Crippen molar-refractivity contribution in [3.05, 3.63) is 35.9 Å². The van der Waals surface area contributed by atoms with E-state index in [1.807, 2.05) is 30.3 Å². The zero-order chi connectivity index (χ0) is 23.6. The first kappa shape index (κ1) is 24.1. The molecule has 8 heteroatoms. The van der Waals surface area contributed by atoms with Gasteiger partial charge in [-0.05, 0) is 31.7 Å². The number of aliphatic hydroxyl groups excluding tert-OH is 1. The van der Waals surface area contributed by atoms with Gasteiger partial charge in [-0.2, -0.15) is 0 Å². The van der Waals surface area contributed by atoms with E-state index in [1.165, 1.54) is 0 Å². The van der Waals surface area contributed by atoms with Crippen LogP contribution in [-0.4, -0.2) is 63.6 Å². The zero-order valence-corrected chi connectivity index (χ0v) is 20.2. The fourth-order valence-corrected chi connectivity index (χ4v) is 8.14. The Morgan fingerprint density at radius 1 is 1.27 bits per heavy atom. The van der Waals surface area contributed by atoms with E-state index in [4.69, 9.17) is 4.74 Å². The van der Waals surface area contributed by atoms with Crippen molar-refractivity contribution in [2.75, 3.05) is 19.8 Å². The van der Waals surface area contributed by atoms with Crippen molar-refractivity contribution in [2.45, 2.75) is 68.0 Å². The quantitative estimate of drug-likeness (QED) is 0.400. The first-order valence-corrected chi connectivity index (χ1v) is 13.0. The van der Waals surface area contributed by atoms with Crippen LogP contribution < -0.4 is 5.32 Å². The Morgan fingerprint density at radius 2 is 2.03 bits per heavy atom. The van der Waals surface area contributed by atoms with Crippen LogP contribution in [0.15, 0.2) is 30.3 Å². The van der Waals surface area contributed by atoms with Gasteiger partial charge >= 0.3 is 5.97 Å². The maximum absolute atomic E-state index is 14.0. The molecule has 3 saturated heterocycles. The Labute approximate surface area is 199 Å². The molecule has 3 aliphatic rings. The highest BCUT2D eigenvalue weighted by Gasteiger charge is 2.74. The minimum atomic E-state index is -0.733. The van der Waals surface area contributed by atoms with Crippen molar-refractivity contribution in [1.29, 1.82) is 0 Å². The van der Waals surface area contributed by atoms with Gasteiger partial charge in [-0.3, -0.25) is 14.4 Å². The second kappa shape index (κ2) is 10.1. The van der Waals surface area contributed by atoms with Crippen molar-refractivity contribution in [3.63, 3.8) is 0 Å². The van der Waals surface area contributed by atoms with E-state index in [2.05, 4.69) is 12.2 Å². The van der Waals surface area contributed by atoms with Crippen molar-refractivity contribution in [3.8, 4) is 0 Å². The molecule has 3 fully saturated rings. The average Bonchev–Trinajstić information content (AvgIpc) is 3.46. The van der Waals surface area contributed by atoms with E-state index in [1.54, 1.807) is 23.6 Å². The highest BCUT2D eigenvalue weighted by Crippen LogP contribution is 2.67. The topological polar surface area (TPSA) is 95.9 Å². The van der Waals surface area contributed by atoms with E-state index < -0.39 is 28.7 Å². The van der Waals surface area contributed by atoms with Crippen molar-refractivity contribution >= 4 is 29.5 Å². The molecule has 7 nitrogen and oxygen atoms in total. The zero-order valence-electron chi connectivity index (χ0n) is 19.4. The van der Waals surface area contributed by atoms with Crippen LogP contribution in [0.5, 0.6) is 0 Å². The maximum Gasteiger partial charge on any atom is 0.310 e. The van der Waals surface area contributed by atoms with E-state index in [9.17, 15) is 19.5 Å². The summed E-state index contributed by atoms with van der Waals surface area (Å²) in [5.74, 6) is -1.91. The lowest BCUT2D eigenvalue weighted by Gasteiger charge is -2.37. The predicted molar refractivity (Wildman–Crippen MR) is 126 cm³/mol. The number of rotatable bonds is 10. The summed E-state index contributed by atoms with van der Waals surface area (Å²) >= 11 is 1.62. The van der Waals surface area contributed by atoms with Gasteiger partial charge in [0.25, 0.3) is 0 Å². The van der Waals surface area contributed by atoms with Crippen LogP contribution in [-0.2, 0) is 19.1 Å². The predicted octanol–water partition coefficient (Wildman–Crippen LogP) is 2.68. The van der Waals surface area contributed by atoms with Gasteiger partial charge in [0.2, 0.25) is 11.8 Å². The molecule has 1 aromatic carbocycles. The number of unbranched alkanes of at least 4 members (excludes halogenated alkanes) is 2. The van der Waals surface area contributed by atoms with Crippen LogP contribution in [0.3, 0.4) is 0 Å². The number of esters is 1. The number of amides is 2. The molecular formula is C25H34N2O5S. The summed E-state index contributed by atoms with van der Waals surface area (Å²) < 4.78 is 4.68. The van der Waals surface area contributed by atoms with E-state index in [-0.39, 0.29) is 36.2 Å². The van der Waals surface area contributed by atoms with Gasteiger partial charge in [-0.1, -0.05) is 50.1 Å². The number of nitrogens with one attached hydrogen (secondary N) is 1. The molecule has 2 amide bonds. The third-order valence-corrected chi connectivity index (χ3v) is 9.27. The molecule has 1 aromatic rings. The van der Waals surface area contributed by atoms with Crippen LogP contribution in [0.4, 0.5) is 0 Å². The monoisotopic (exact) mass is 474 g/mol. The van der Waals surface area contributed by atoms with Crippen LogP contribution in [0, 0.1) is 11.8 Å². The molecule has 2 unspecified atom stereocenters. The number of hydrogen-bond donors (Lipinski definition) is 2. The highest BCUT2D eigenvalue weighted by molar-refractivity contribution is 8.02. The second-order valence-corrected chi connectivity index (χ2v) is 10.8. The molecule has 2 bridgehead atoms. The molecule has 0 aliphatic carbocycles. The summed E-state index contributed by atoms with van der Waals surface area (Å²) in [6.45, 7) is 4.39. The van der Waals surface area contributed by atoms with Gasteiger partial charge < -0.3 is 20.1 Å². The summed E-state index contributed by atoms with van der Waals surface area (Å²) in [6, 6.07) is 7.95. The average molecular weight is 475 g/mol. The molecule has 3 heterocycles. The number of likely N-dealkylation sites (tertiary alicyclic amines) is 1. The van der Waals surface area contributed by atoms with Gasteiger partial charge in [-0.25, -0.2) is 0 Å². The summed E-state index contributed by atoms with van der Waals surface area (Å²) in [4.78, 5) is 42.1. The highest BCUT2D eigenvalue weighted by atomic mass is 32.2. The summed E-state index contributed by atoms with van der Waals surface area (Å²) in [5.41, 5.74) is 0.778. The minimum Gasteiger partial charge on any atom is -0.466 e. The van der Waals surface area contributed by atoms with Crippen LogP contribution in [0.25, 0.3) is 0 Å². The molecule has 0 radical (unpaired) electrons. The third kappa shape index (κ3) is 4.05. The minimum absolute atomic E-state index is 0.0140. The molecular weight excluding hydrogens is 440 g/mol. The van der Waals surface area contributed by atoms with Gasteiger partial charge in [-0.15, -0.1) is 11.8 Å². The second-order valence-electron chi connectivity index (χ2n) is 9.16. The molecule has 180 valence electrons. The van der Waals surface area contributed by atoms with Crippen LogP contribution >= 0.6 is 11.8 Å². The Bertz CT molecular complexity index is 881. The van der Waals surface area contributed by atoms with E-state index in [0.29, 0.717) is 13.0 Å². The Hall–Kier alpha value is -2.06. The van der Waals surface area contributed by atoms with Crippen LogP contribution in [0.2, 0.25) is 0 Å². The van der Waals surface area contributed by atoms with Crippen LogP contribution in [0.1, 0.15) is 57.6 Å². The SMILES string of the molecule is CCCCCNC(=O)C1N([C@H](CO)c2ccccc2)C(=O)[C@@H]2[C@@H](C(=O)OCC)[C@H]3CCC12S3. The third-order valence-electron chi connectivity index (χ3n) is 7.32. The van der Waals surface area contributed by atoms with Gasteiger partial charge in [0.05, 0.1) is 35.8 Å². The first-order valence-electron chi connectivity index (χ1n) is 12.1. The molecule has 6 atom stereocenters. The van der Waals surface area contributed by atoms with Gasteiger partial charge in [0.1, 0.15) is 6.04 Å². The fourth-order valence-electron chi connectivity index (χ4n) is 5.95. The molecule has 0 aromatic heterocycles. The Balaban J connectivity index is 1.72. The fraction of sp³-hybridized carbons (Fsp3) is 0.640. The summed E-state index contributed by atoms with van der Waals surface area (Å²) in [7, 11) is 0. The molecule has 0 saturated carbocycles. The summed E-state index contributed by atoms with van der Waals surface area (Å²) in [6.07, 6.45) is 4.43. The van der Waals surface area contributed by atoms with Gasteiger partial charge in [0.15, 0.2) is 0 Å². The number of fused-ring (bicyclic) bond motifs is 1. The number of aliphatic hydroxyl groups is 1. The lowest BCUT2D eigenvalue weighted by Crippen LogP contribution is -2.54. The molecule has 33 heavy (non-hydrogen) atoms. The number of ether oxygens (including phenoxy) is 1. The normalized spacial score (nSPS) is 30.9. The number of carbonyl (C=O) groups is 3. The summed E-state index contributed by atoms with van der Waals surface area (Å²) in [5, 5.41) is 13.4. The number of nitrogens with zero attached hydrogens (tertiary/aromatic N) is 1. The number of benzene rings is 1. The molecule has 1 spiro atoms. The molecule has 3 aliphatic heterocycles. The van der Waals surface area contributed by atoms with E-state index in [0.717, 1.165) is 31.2 Å². The smallest absolute Gasteiger partial charge is 0.310 e. The number of carbonyl (C=O) groups excluding carboxylic acids is 3. The van der Waals surface area contributed by atoms with E-state index >= 15 is 0 Å². The lowest BCUT2D eigenvalue weighted by molar-refractivity contribution is -0.154. The van der Waals surface area contributed by atoms with Gasteiger partial charge in [0, 0.05) is 11.8 Å². The van der Waals surface area contributed by atoms with Crippen molar-refractivity contribution in [1.82, 2.24) is 10.2 Å². The number of thioether (sulfide) groups is 1. The Morgan fingerprint density at radius 3 is 2.70 bits per heavy atom. The standard InChI is InChI=1S/C25H34N2O5S/c1-3-5-9-14-26-22(29)21-25-13-12-18(33-25)19(24(31)32-4-2)20(25)23(30)27(21)17(15-28)16-10-7-6-8-11-16/h6-8,10-11,17-21,28H,3-5,9,12-15H2,1-2H3,(H,26,29)/t17-,18-,19+,20+,21?,25?/m1/s1. The molecule has 4 rings (SSSR count). The first-order chi connectivity index (χ1) is 16.0. The van der Waals surface area contributed by atoms with Crippen molar-refractivity contribution < 1.29 is 24.2 Å². The van der Waals surface area contributed by atoms with Crippen molar-refractivity contribution in [2.24, 2.45) is 11.8 Å². The largest absolute Gasteiger partial charge is 0.466 e. The maximum atomic E-state index is 14.0.